The minimum Gasteiger partial charge on any atom is -0.506 e. The number of fused-ring (bicyclic) bond motifs is 1. The molecule has 0 saturated heterocycles. The van der Waals surface area contributed by atoms with Crippen molar-refractivity contribution in [1.29, 1.82) is 0 Å². The molecule has 0 fully saturated rings. The fourth-order valence-corrected chi connectivity index (χ4v) is 3.17. The van der Waals surface area contributed by atoms with Gasteiger partial charge in [0, 0.05) is 5.56 Å². The van der Waals surface area contributed by atoms with Crippen molar-refractivity contribution < 1.29 is 27.8 Å². The number of nitrogens with zero attached hydrogens (tertiary/aromatic N) is 3. The molecule has 32 heavy (non-hydrogen) atoms. The van der Waals surface area contributed by atoms with E-state index in [4.69, 9.17) is 4.74 Å². The summed E-state index contributed by atoms with van der Waals surface area (Å²) in [4.78, 5) is 17.1. The Bertz CT molecular complexity index is 1310. The number of amides is 1. The van der Waals surface area contributed by atoms with Crippen molar-refractivity contribution in [3.8, 4) is 22.8 Å². The number of ether oxygens (including phenoxy) is 1. The van der Waals surface area contributed by atoms with E-state index >= 15 is 0 Å². The van der Waals surface area contributed by atoms with Crippen molar-refractivity contribution in [1.82, 2.24) is 14.6 Å². The van der Waals surface area contributed by atoms with Gasteiger partial charge in [-0.15, -0.1) is 0 Å². The van der Waals surface area contributed by atoms with Gasteiger partial charge in [-0.25, -0.2) is 9.50 Å². The van der Waals surface area contributed by atoms with Gasteiger partial charge < -0.3 is 15.2 Å². The number of halogens is 3. The molecule has 0 radical (unpaired) electrons. The van der Waals surface area contributed by atoms with E-state index in [9.17, 15) is 23.1 Å². The number of aromatic nitrogens is 3. The Morgan fingerprint density at radius 1 is 1.12 bits per heavy atom. The minimum absolute atomic E-state index is 0.0143. The summed E-state index contributed by atoms with van der Waals surface area (Å²) in [5.41, 5.74) is -0.204. The van der Waals surface area contributed by atoms with Crippen LogP contribution in [0.15, 0.2) is 54.7 Å². The highest BCUT2D eigenvalue weighted by Gasteiger charge is 2.36. The highest BCUT2D eigenvalue weighted by molar-refractivity contribution is 6.08. The number of carbonyl (C=O) groups is 1. The first-order chi connectivity index (χ1) is 15.2. The summed E-state index contributed by atoms with van der Waals surface area (Å²) >= 11 is 0. The molecule has 0 saturated carbocycles. The van der Waals surface area contributed by atoms with E-state index in [0.717, 1.165) is 17.8 Å². The number of aromatic hydroxyl groups is 1. The highest BCUT2D eigenvalue weighted by Crippen LogP contribution is 2.33. The summed E-state index contributed by atoms with van der Waals surface area (Å²) in [6.07, 6.45) is -3.73. The fourth-order valence-electron chi connectivity index (χ4n) is 3.17. The zero-order valence-corrected chi connectivity index (χ0v) is 16.9. The number of nitrogens with one attached hydrogen (secondary N) is 1. The van der Waals surface area contributed by atoms with Crippen LogP contribution < -0.4 is 10.1 Å². The quantitative estimate of drug-likeness (QED) is 0.448. The van der Waals surface area contributed by atoms with Crippen molar-refractivity contribution in [3.05, 3.63) is 71.5 Å². The Hall–Kier alpha value is -4.08. The van der Waals surface area contributed by atoms with Crippen LogP contribution in [0.2, 0.25) is 0 Å². The van der Waals surface area contributed by atoms with Gasteiger partial charge in [-0.3, -0.25) is 4.79 Å². The second-order valence-electron chi connectivity index (χ2n) is 7.02. The molecule has 0 aliphatic rings. The topological polar surface area (TPSA) is 88.8 Å². The van der Waals surface area contributed by atoms with Crippen molar-refractivity contribution in [2.75, 3.05) is 12.4 Å². The molecule has 0 aliphatic carbocycles. The molecule has 0 spiro atoms. The lowest BCUT2D eigenvalue weighted by molar-refractivity contribution is -0.142. The van der Waals surface area contributed by atoms with Gasteiger partial charge in [0.15, 0.2) is 11.3 Å². The molecule has 2 N–H and O–H groups in total. The molecule has 7 nitrogen and oxygen atoms in total. The third-order valence-corrected chi connectivity index (χ3v) is 4.79. The highest BCUT2D eigenvalue weighted by atomic mass is 19.4. The second-order valence-corrected chi connectivity index (χ2v) is 7.02. The Balaban J connectivity index is 1.83. The van der Waals surface area contributed by atoms with Crippen molar-refractivity contribution in [3.63, 3.8) is 0 Å². The van der Waals surface area contributed by atoms with Crippen LogP contribution in [0.3, 0.4) is 0 Å². The molecule has 0 unspecified atom stereocenters. The number of carbonyl (C=O) groups excluding carboxylic acids is 1. The maximum atomic E-state index is 13.7. The average molecular weight is 442 g/mol. The van der Waals surface area contributed by atoms with Gasteiger partial charge in [0.1, 0.15) is 17.1 Å². The number of alkyl halides is 3. The number of phenols is 1. The lowest BCUT2D eigenvalue weighted by Gasteiger charge is -2.12. The number of hydrogen-bond acceptors (Lipinski definition) is 5. The lowest BCUT2D eigenvalue weighted by Crippen LogP contribution is -2.16. The molecule has 10 heteroatoms. The van der Waals surface area contributed by atoms with E-state index in [1.54, 1.807) is 37.3 Å². The normalized spacial score (nSPS) is 11.5. The predicted octanol–water partition coefficient (Wildman–Crippen LogP) is 4.69. The first-order valence-corrected chi connectivity index (χ1v) is 9.39. The number of hydrogen-bond donors (Lipinski definition) is 2. The minimum atomic E-state index is -4.74. The Morgan fingerprint density at radius 3 is 2.50 bits per heavy atom. The van der Waals surface area contributed by atoms with E-state index in [2.05, 4.69) is 15.4 Å². The molecule has 2 heterocycles. The predicted molar refractivity (Wildman–Crippen MR) is 111 cm³/mol. The Kier molecular flexibility index (Phi) is 5.21. The van der Waals surface area contributed by atoms with E-state index in [1.165, 1.54) is 19.2 Å². The molecular weight excluding hydrogens is 425 g/mol. The van der Waals surface area contributed by atoms with Gasteiger partial charge in [0.2, 0.25) is 0 Å². The fraction of sp³-hybridized carbons (Fsp3) is 0.136. The van der Waals surface area contributed by atoms with Crippen LogP contribution >= 0.6 is 0 Å². The zero-order chi connectivity index (χ0) is 23.0. The van der Waals surface area contributed by atoms with Crippen LogP contribution in [-0.4, -0.2) is 32.7 Å². The van der Waals surface area contributed by atoms with Crippen LogP contribution in [0.4, 0.5) is 18.9 Å². The molecular formula is C22H17F3N4O3. The number of aryl methyl sites for hydroxylation is 1. The number of anilines is 1. The Labute approximate surface area is 180 Å². The van der Waals surface area contributed by atoms with E-state index in [1.807, 2.05) is 0 Å². The summed E-state index contributed by atoms with van der Waals surface area (Å²) < 4.78 is 46.9. The van der Waals surface area contributed by atoms with Crippen LogP contribution in [0.1, 0.15) is 21.6 Å². The van der Waals surface area contributed by atoms with E-state index in [-0.39, 0.29) is 28.3 Å². The van der Waals surface area contributed by atoms with Gasteiger partial charge in [0.05, 0.1) is 24.7 Å². The van der Waals surface area contributed by atoms with Crippen LogP contribution in [0.25, 0.3) is 16.9 Å². The summed E-state index contributed by atoms with van der Waals surface area (Å²) in [6.45, 7) is 1.77. The summed E-state index contributed by atoms with van der Waals surface area (Å²) in [5, 5.41) is 16.2. The number of phenolic OH excluding ortho intramolecular Hbond substituents is 1. The Morgan fingerprint density at radius 2 is 1.84 bits per heavy atom. The number of rotatable bonds is 4. The number of benzene rings is 2. The molecule has 0 atom stereocenters. The first kappa shape index (κ1) is 21.2. The van der Waals surface area contributed by atoms with Gasteiger partial charge in [-0.05, 0) is 55.0 Å². The first-order valence-electron chi connectivity index (χ1n) is 9.39. The van der Waals surface area contributed by atoms with Crippen molar-refractivity contribution in [2.24, 2.45) is 0 Å². The molecule has 164 valence electrons. The number of methoxy groups -OCH3 is 1. The van der Waals surface area contributed by atoms with Gasteiger partial charge in [-0.1, -0.05) is 6.07 Å². The molecule has 0 aliphatic heterocycles. The lowest BCUT2D eigenvalue weighted by atomic mass is 10.1. The van der Waals surface area contributed by atoms with Gasteiger partial charge >= 0.3 is 6.18 Å². The molecule has 2 aromatic heterocycles. The summed E-state index contributed by atoms with van der Waals surface area (Å²) in [6, 6.07) is 11.8. The van der Waals surface area contributed by atoms with Crippen LogP contribution in [0, 0.1) is 6.92 Å². The average Bonchev–Trinajstić information content (AvgIpc) is 3.19. The largest absolute Gasteiger partial charge is 0.506 e. The molecule has 0 bridgehead atoms. The van der Waals surface area contributed by atoms with Crippen LogP contribution in [0.5, 0.6) is 11.5 Å². The second kappa shape index (κ2) is 7.88. The van der Waals surface area contributed by atoms with Crippen molar-refractivity contribution in [2.45, 2.75) is 13.1 Å². The summed E-state index contributed by atoms with van der Waals surface area (Å²) in [5.74, 6) is -0.398. The van der Waals surface area contributed by atoms with Crippen LogP contribution in [-0.2, 0) is 6.18 Å². The monoisotopic (exact) mass is 442 g/mol. The van der Waals surface area contributed by atoms with E-state index < -0.39 is 17.8 Å². The molecule has 1 amide bonds. The third kappa shape index (κ3) is 3.94. The maximum Gasteiger partial charge on any atom is 0.433 e. The van der Waals surface area contributed by atoms with Gasteiger partial charge in [-0.2, -0.15) is 18.3 Å². The van der Waals surface area contributed by atoms with E-state index in [0.29, 0.717) is 15.8 Å². The molecule has 4 rings (SSSR count). The molecule has 4 aromatic rings. The summed E-state index contributed by atoms with van der Waals surface area (Å²) in [7, 11) is 1.48. The molecule has 2 aromatic carbocycles. The smallest absolute Gasteiger partial charge is 0.433 e. The third-order valence-electron chi connectivity index (χ3n) is 4.79. The standard InChI is InChI=1S/C22H17F3N4O3/c1-12-3-8-18(30)17(9-12)28-21(31)15-11-26-29-19(22(23,24)25)10-16(27-20(15)29)13-4-6-14(32-2)7-5-13/h3-11,30H,1-2H3,(H,28,31). The zero-order valence-electron chi connectivity index (χ0n) is 16.9. The maximum absolute atomic E-state index is 13.7. The SMILES string of the molecule is COc1ccc(-c2cc(C(F)(F)F)n3ncc(C(=O)Nc4cc(C)ccc4O)c3n2)cc1. The van der Waals surface area contributed by atoms with Gasteiger partial charge in [0.25, 0.3) is 5.91 Å². The van der Waals surface area contributed by atoms with Crippen molar-refractivity contribution >= 4 is 17.2 Å².